The fourth-order valence-electron chi connectivity index (χ4n) is 1.94. The van der Waals surface area contributed by atoms with Gasteiger partial charge >= 0.3 is 5.97 Å². The molecule has 0 spiro atoms. The van der Waals surface area contributed by atoms with Gasteiger partial charge in [0.15, 0.2) is 5.70 Å². The van der Waals surface area contributed by atoms with E-state index >= 15 is 0 Å². The first kappa shape index (κ1) is 17.1. The van der Waals surface area contributed by atoms with E-state index in [1.54, 1.807) is 18.0 Å². The number of esters is 1. The van der Waals surface area contributed by atoms with Crippen molar-refractivity contribution in [1.82, 2.24) is 4.98 Å². The van der Waals surface area contributed by atoms with Crippen LogP contribution in [0.15, 0.2) is 60.5 Å². The first-order valence-electron chi connectivity index (χ1n) is 7.25. The zero-order valence-electron chi connectivity index (χ0n) is 13.8. The molecule has 1 heterocycles. The maximum atomic E-state index is 11.8. The number of hydrogen-bond donors (Lipinski definition) is 0. The summed E-state index contributed by atoms with van der Waals surface area (Å²) in [5.41, 5.74) is 1.75. The Labute approximate surface area is 141 Å². The van der Waals surface area contributed by atoms with Crippen LogP contribution >= 0.6 is 0 Å². The molecule has 0 saturated carbocycles. The van der Waals surface area contributed by atoms with Crippen LogP contribution in [0.5, 0.6) is 0 Å². The average molecular weight is 322 g/mol. The van der Waals surface area contributed by atoms with Gasteiger partial charge in [0.05, 0.1) is 14.2 Å². The SMILES string of the molecule is COC=C(C(=O)OC)N(C)c1cccc(C#Cc2ccccc2)n1. The normalized spacial score (nSPS) is 10.4. The molecule has 0 aliphatic carbocycles. The van der Waals surface area contributed by atoms with Crippen LogP contribution in [0.3, 0.4) is 0 Å². The Bertz CT molecular complexity index is 789. The summed E-state index contributed by atoms with van der Waals surface area (Å²) in [4.78, 5) is 17.9. The zero-order chi connectivity index (χ0) is 17.4. The van der Waals surface area contributed by atoms with Crippen LogP contribution in [0.2, 0.25) is 0 Å². The first-order chi connectivity index (χ1) is 11.7. The van der Waals surface area contributed by atoms with E-state index in [1.165, 1.54) is 20.5 Å². The number of likely N-dealkylation sites (N-methyl/N-ethyl adjacent to an activating group) is 1. The average Bonchev–Trinajstić information content (AvgIpc) is 2.64. The van der Waals surface area contributed by atoms with Crippen molar-refractivity contribution in [2.45, 2.75) is 0 Å². The largest absolute Gasteiger partial charge is 0.502 e. The summed E-state index contributed by atoms with van der Waals surface area (Å²) >= 11 is 0. The number of methoxy groups -OCH3 is 2. The van der Waals surface area contributed by atoms with Gasteiger partial charge in [0.25, 0.3) is 0 Å². The van der Waals surface area contributed by atoms with E-state index in [0.717, 1.165) is 5.56 Å². The second-order valence-electron chi connectivity index (χ2n) is 4.79. The molecule has 0 saturated heterocycles. The molecule has 1 aromatic carbocycles. The van der Waals surface area contributed by atoms with Crippen molar-refractivity contribution >= 4 is 11.8 Å². The van der Waals surface area contributed by atoms with Crippen molar-refractivity contribution in [3.63, 3.8) is 0 Å². The van der Waals surface area contributed by atoms with Crippen molar-refractivity contribution in [3.8, 4) is 11.8 Å². The van der Waals surface area contributed by atoms with E-state index in [0.29, 0.717) is 11.5 Å². The predicted octanol–water partition coefficient (Wildman–Crippen LogP) is 2.58. The van der Waals surface area contributed by atoms with E-state index in [2.05, 4.69) is 16.8 Å². The number of pyridine rings is 1. The Morgan fingerprint density at radius 3 is 2.50 bits per heavy atom. The molecule has 0 aliphatic heterocycles. The molecule has 0 bridgehead atoms. The number of anilines is 1. The number of ether oxygens (including phenoxy) is 2. The molecule has 0 N–H and O–H groups in total. The van der Waals surface area contributed by atoms with E-state index in [9.17, 15) is 4.79 Å². The van der Waals surface area contributed by atoms with Gasteiger partial charge in [-0.25, -0.2) is 9.78 Å². The molecule has 2 aromatic rings. The van der Waals surface area contributed by atoms with Crippen LogP contribution in [-0.4, -0.2) is 32.2 Å². The third kappa shape index (κ3) is 4.37. The number of nitrogens with zero attached hydrogens (tertiary/aromatic N) is 2. The highest BCUT2D eigenvalue weighted by Crippen LogP contribution is 2.16. The molecule has 5 nitrogen and oxygen atoms in total. The predicted molar refractivity (Wildman–Crippen MR) is 92.2 cm³/mol. The first-order valence-corrected chi connectivity index (χ1v) is 7.25. The molecule has 0 radical (unpaired) electrons. The minimum absolute atomic E-state index is 0.237. The van der Waals surface area contributed by atoms with Gasteiger partial charge in [0.1, 0.15) is 17.8 Å². The van der Waals surface area contributed by atoms with Crippen molar-refractivity contribution in [2.75, 3.05) is 26.2 Å². The molecule has 0 atom stereocenters. The number of aromatic nitrogens is 1. The van der Waals surface area contributed by atoms with Crippen LogP contribution in [0, 0.1) is 11.8 Å². The zero-order valence-corrected chi connectivity index (χ0v) is 13.8. The lowest BCUT2D eigenvalue weighted by Gasteiger charge is -2.19. The lowest BCUT2D eigenvalue weighted by molar-refractivity contribution is -0.136. The molecule has 0 amide bonds. The van der Waals surface area contributed by atoms with Gasteiger partial charge in [0.2, 0.25) is 0 Å². The quantitative estimate of drug-likeness (QED) is 0.375. The van der Waals surface area contributed by atoms with Crippen LogP contribution in [0.4, 0.5) is 5.82 Å². The highest BCUT2D eigenvalue weighted by molar-refractivity contribution is 5.91. The van der Waals surface area contributed by atoms with Gasteiger partial charge in [-0.05, 0) is 30.2 Å². The molecule has 0 aliphatic rings. The lowest BCUT2D eigenvalue weighted by atomic mass is 10.2. The summed E-state index contributed by atoms with van der Waals surface area (Å²) in [5, 5.41) is 0. The second-order valence-corrected chi connectivity index (χ2v) is 4.79. The minimum Gasteiger partial charge on any atom is -0.502 e. The third-order valence-electron chi connectivity index (χ3n) is 3.17. The van der Waals surface area contributed by atoms with Crippen molar-refractivity contribution in [1.29, 1.82) is 0 Å². The van der Waals surface area contributed by atoms with Gasteiger partial charge < -0.3 is 14.4 Å². The van der Waals surface area contributed by atoms with Crippen molar-refractivity contribution in [3.05, 3.63) is 71.7 Å². The molecule has 0 fully saturated rings. The fraction of sp³-hybridized carbons (Fsp3) is 0.158. The number of carbonyl (C=O) groups excluding carboxylic acids is 1. The Hall–Kier alpha value is -3.26. The summed E-state index contributed by atoms with van der Waals surface area (Å²) in [5.74, 6) is 6.12. The number of carbonyl (C=O) groups is 1. The van der Waals surface area contributed by atoms with Gasteiger partial charge in [-0.15, -0.1) is 0 Å². The molecule has 2 rings (SSSR count). The Kier molecular flexibility index (Phi) is 5.98. The fourth-order valence-corrected chi connectivity index (χ4v) is 1.94. The highest BCUT2D eigenvalue weighted by atomic mass is 16.5. The summed E-state index contributed by atoms with van der Waals surface area (Å²) in [6.45, 7) is 0. The van der Waals surface area contributed by atoms with Crippen LogP contribution in [-0.2, 0) is 14.3 Å². The molecule has 0 unspecified atom stereocenters. The summed E-state index contributed by atoms with van der Waals surface area (Å²) < 4.78 is 9.70. The van der Waals surface area contributed by atoms with Gasteiger partial charge in [-0.1, -0.05) is 30.2 Å². The molecule has 5 heteroatoms. The molecule has 24 heavy (non-hydrogen) atoms. The third-order valence-corrected chi connectivity index (χ3v) is 3.17. The summed E-state index contributed by atoms with van der Waals surface area (Å²) in [6.07, 6.45) is 1.32. The lowest BCUT2D eigenvalue weighted by Crippen LogP contribution is -2.25. The van der Waals surface area contributed by atoms with Crippen LogP contribution in [0.1, 0.15) is 11.3 Å². The number of benzene rings is 1. The van der Waals surface area contributed by atoms with Crippen molar-refractivity contribution < 1.29 is 14.3 Å². The second kappa shape index (κ2) is 8.39. The maximum absolute atomic E-state index is 11.8. The van der Waals surface area contributed by atoms with Crippen LogP contribution in [0.25, 0.3) is 0 Å². The smallest absolute Gasteiger partial charge is 0.357 e. The van der Waals surface area contributed by atoms with Gasteiger partial charge in [0, 0.05) is 12.6 Å². The Morgan fingerprint density at radius 1 is 1.08 bits per heavy atom. The molecular formula is C19H18N2O3. The molecule has 122 valence electrons. The summed E-state index contributed by atoms with van der Waals surface area (Å²) in [6, 6.07) is 15.1. The molecule has 1 aromatic heterocycles. The van der Waals surface area contributed by atoms with Crippen molar-refractivity contribution in [2.24, 2.45) is 0 Å². The Morgan fingerprint density at radius 2 is 1.83 bits per heavy atom. The number of hydrogen-bond acceptors (Lipinski definition) is 5. The van der Waals surface area contributed by atoms with Gasteiger partial charge in [-0.3, -0.25) is 0 Å². The topological polar surface area (TPSA) is 51.7 Å². The highest BCUT2D eigenvalue weighted by Gasteiger charge is 2.18. The van der Waals surface area contributed by atoms with E-state index in [-0.39, 0.29) is 5.70 Å². The maximum Gasteiger partial charge on any atom is 0.357 e. The van der Waals surface area contributed by atoms with Gasteiger partial charge in [-0.2, -0.15) is 0 Å². The monoisotopic (exact) mass is 322 g/mol. The summed E-state index contributed by atoms with van der Waals surface area (Å²) in [7, 11) is 4.49. The Balaban J connectivity index is 2.28. The standard InChI is InChI=1S/C19H18N2O3/c1-21(17(14-23-2)19(22)24-3)18-11-7-10-16(20-18)13-12-15-8-5-4-6-9-15/h4-11,14H,1-3H3. The number of rotatable bonds is 4. The van der Waals surface area contributed by atoms with E-state index < -0.39 is 5.97 Å². The van der Waals surface area contributed by atoms with Crippen LogP contribution < -0.4 is 4.90 Å². The minimum atomic E-state index is -0.512. The van der Waals surface area contributed by atoms with E-state index in [1.807, 2.05) is 42.5 Å². The molecular weight excluding hydrogens is 304 g/mol. The van der Waals surface area contributed by atoms with E-state index in [4.69, 9.17) is 9.47 Å².